The highest BCUT2D eigenvalue weighted by molar-refractivity contribution is 6.05. The molecule has 0 fully saturated rings. The fraction of sp³-hybridized carbons (Fsp3) is 0.143. The molecule has 2 amide bonds. The Hall–Kier alpha value is -3.54. The molecule has 0 atom stereocenters. The van der Waals surface area contributed by atoms with Crippen molar-refractivity contribution in [3.05, 3.63) is 78.3 Å². The molecule has 0 saturated carbocycles. The first-order valence-corrected chi connectivity index (χ1v) is 8.65. The van der Waals surface area contributed by atoms with Gasteiger partial charge in [-0.1, -0.05) is 6.92 Å². The molecule has 2 aromatic carbocycles. The van der Waals surface area contributed by atoms with Gasteiger partial charge in [0.1, 0.15) is 5.75 Å². The molecule has 0 unspecified atom stereocenters. The minimum Gasteiger partial charge on any atom is -0.494 e. The smallest absolute Gasteiger partial charge is 0.291 e. The minimum absolute atomic E-state index is 0.218. The molecule has 0 spiro atoms. The molecule has 6 nitrogen and oxygen atoms in total. The summed E-state index contributed by atoms with van der Waals surface area (Å²) in [6.07, 6.45) is 2.37. The largest absolute Gasteiger partial charge is 0.494 e. The number of anilines is 2. The minimum atomic E-state index is -0.331. The molecule has 0 aliphatic rings. The van der Waals surface area contributed by atoms with Gasteiger partial charge in [0.2, 0.25) is 0 Å². The highest BCUT2D eigenvalue weighted by Gasteiger charge is 2.09. The average Bonchev–Trinajstić information content (AvgIpc) is 3.23. The predicted molar refractivity (Wildman–Crippen MR) is 103 cm³/mol. The highest BCUT2D eigenvalue weighted by Crippen LogP contribution is 2.17. The van der Waals surface area contributed by atoms with Crippen LogP contribution in [0.2, 0.25) is 0 Å². The Bertz CT molecular complexity index is 885. The Kier molecular flexibility index (Phi) is 5.89. The zero-order valence-corrected chi connectivity index (χ0v) is 14.9. The van der Waals surface area contributed by atoms with Crippen molar-refractivity contribution in [2.24, 2.45) is 0 Å². The standard InChI is InChI=1S/C21H20N2O4/c1-2-13-26-18-11-5-15(6-12-18)20(24)22-16-7-9-17(10-8-16)23-21(25)19-4-3-14-27-19/h3-12,14H,2,13H2,1H3,(H,22,24)(H,23,25). The van der Waals surface area contributed by atoms with Gasteiger partial charge in [0.15, 0.2) is 5.76 Å². The van der Waals surface area contributed by atoms with Crippen molar-refractivity contribution in [3.63, 3.8) is 0 Å². The van der Waals surface area contributed by atoms with Crippen LogP contribution in [-0.2, 0) is 0 Å². The first kappa shape index (κ1) is 18.3. The SMILES string of the molecule is CCCOc1ccc(C(=O)Nc2ccc(NC(=O)c3ccco3)cc2)cc1. The third-order valence-corrected chi connectivity index (χ3v) is 3.73. The van der Waals surface area contributed by atoms with Gasteiger partial charge < -0.3 is 19.8 Å². The Morgan fingerprint density at radius 3 is 2.07 bits per heavy atom. The zero-order valence-electron chi connectivity index (χ0n) is 14.9. The maximum atomic E-state index is 12.3. The third kappa shape index (κ3) is 4.98. The molecule has 0 aliphatic heterocycles. The quantitative estimate of drug-likeness (QED) is 0.643. The van der Waals surface area contributed by atoms with Crippen LogP contribution in [0, 0.1) is 0 Å². The molecular formula is C21H20N2O4. The van der Waals surface area contributed by atoms with Gasteiger partial charge in [0, 0.05) is 16.9 Å². The van der Waals surface area contributed by atoms with E-state index in [1.165, 1.54) is 6.26 Å². The van der Waals surface area contributed by atoms with Crippen LogP contribution in [0.4, 0.5) is 11.4 Å². The molecule has 0 saturated heterocycles. The lowest BCUT2D eigenvalue weighted by molar-refractivity contribution is 0.0994. The lowest BCUT2D eigenvalue weighted by Gasteiger charge is -2.08. The molecule has 27 heavy (non-hydrogen) atoms. The van der Waals surface area contributed by atoms with Crippen LogP contribution in [0.5, 0.6) is 5.75 Å². The summed E-state index contributed by atoms with van der Waals surface area (Å²) in [5, 5.41) is 5.54. The lowest BCUT2D eigenvalue weighted by Crippen LogP contribution is -2.13. The number of carbonyl (C=O) groups is 2. The van der Waals surface area contributed by atoms with Gasteiger partial charge in [-0.15, -0.1) is 0 Å². The van der Waals surface area contributed by atoms with E-state index < -0.39 is 0 Å². The van der Waals surface area contributed by atoms with Crippen molar-refractivity contribution in [2.45, 2.75) is 13.3 Å². The number of hydrogen-bond acceptors (Lipinski definition) is 4. The maximum absolute atomic E-state index is 12.3. The van der Waals surface area contributed by atoms with Crippen LogP contribution in [0.25, 0.3) is 0 Å². The van der Waals surface area contributed by atoms with Gasteiger partial charge in [-0.2, -0.15) is 0 Å². The van der Waals surface area contributed by atoms with Crippen molar-refractivity contribution in [1.29, 1.82) is 0 Å². The van der Waals surface area contributed by atoms with Crippen LogP contribution in [-0.4, -0.2) is 18.4 Å². The van der Waals surface area contributed by atoms with Crippen LogP contribution in [0.15, 0.2) is 71.3 Å². The van der Waals surface area contributed by atoms with E-state index >= 15 is 0 Å². The van der Waals surface area contributed by atoms with Gasteiger partial charge in [-0.3, -0.25) is 9.59 Å². The van der Waals surface area contributed by atoms with E-state index in [-0.39, 0.29) is 17.6 Å². The number of hydrogen-bond donors (Lipinski definition) is 2. The van der Waals surface area contributed by atoms with E-state index in [9.17, 15) is 9.59 Å². The first-order valence-electron chi connectivity index (χ1n) is 8.65. The van der Waals surface area contributed by atoms with E-state index in [2.05, 4.69) is 10.6 Å². The van der Waals surface area contributed by atoms with Gasteiger partial charge in [-0.05, 0) is 67.1 Å². The maximum Gasteiger partial charge on any atom is 0.291 e. The van der Waals surface area contributed by atoms with E-state index in [4.69, 9.17) is 9.15 Å². The summed E-state index contributed by atoms with van der Waals surface area (Å²) in [5.74, 6) is 0.426. The fourth-order valence-corrected chi connectivity index (χ4v) is 2.36. The molecule has 3 rings (SSSR count). The number of rotatable bonds is 7. The molecule has 138 valence electrons. The molecule has 2 N–H and O–H groups in total. The molecule has 0 radical (unpaired) electrons. The van der Waals surface area contributed by atoms with Crippen molar-refractivity contribution in [3.8, 4) is 5.75 Å². The van der Waals surface area contributed by atoms with Gasteiger partial charge in [0.25, 0.3) is 11.8 Å². The lowest BCUT2D eigenvalue weighted by atomic mass is 10.2. The monoisotopic (exact) mass is 364 g/mol. The van der Waals surface area contributed by atoms with Crippen LogP contribution in [0.3, 0.4) is 0 Å². The second kappa shape index (κ2) is 8.71. The average molecular weight is 364 g/mol. The van der Waals surface area contributed by atoms with Crippen molar-refractivity contribution >= 4 is 23.2 Å². The predicted octanol–water partition coefficient (Wildman–Crippen LogP) is 4.57. The number of furan rings is 1. The number of nitrogens with one attached hydrogen (secondary N) is 2. The van der Waals surface area contributed by atoms with E-state index in [1.54, 1.807) is 60.7 Å². The number of ether oxygens (including phenoxy) is 1. The van der Waals surface area contributed by atoms with E-state index in [0.717, 1.165) is 12.2 Å². The number of amides is 2. The summed E-state index contributed by atoms with van der Waals surface area (Å²) < 4.78 is 10.6. The third-order valence-electron chi connectivity index (χ3n) is 3.73. The summed E-state index contributed by atoms with van der Waals surface area (Å²) in [5.41, 5.74) is 1.77. The van der Waals surface area contributed by atoms with Crippen LogP contribution < -0.4 is 15.4 Å². The molecular weight excluding hydrogens is 344 g/mol. The second-order valence-electron chi connectivity index (χ2n) is 5.84. The Labute approximate surface area is 157 Å². The second-order valence-corrected chi connectivity index (χ2v) is 5.84. The Balaban J connectivity index is 1.57. The van der Waals surface area contributed by atoms with Gasteiger partial charge in [0.05, 0.1) is 12.9 Å². The van der Waals surface area contributed by atoms with E-state index in [0.29, 0.717) is 23.5 Å². The van der Waals surface area contributed by atoms with Gasteiger partial charge in [-0.25, -0.2) is 0 Å². The van der Waals surface area contributed by atoms with Crippen LogP contribution >= 0.6 is 0 Å². The summed E-state index contributed by atoms with van der Waals surface area (Å²) in [6, 6.07) is 17.1. The first-order chi connectivity index (χ1) is 13.2. The summed E-state index contributed by atoms with van der Waals surface area (Å²) in [7, 11) is 0. The normalized spacial score (nSPS) is 10.3. The topological polar surface area (TPSA) is 80.6 Å². The highest BCUT2D eigenvalue weighted by atomic mass is 16.5. The van der Waals surface area contributed by atoms with Crippen molar-refractivity contribution in [2.75, 3.05) is 17.2 Å². The van der Waals surface area contributed by atoms with Crippen molar-refractivity contribution in [1.82, 2.24) is 0 Å². The molecule has 1 aromatic heterocycles. The summed E-state index contributed by atoms with van der Waals surface area (Å²) >= 11 is 0. The molecule has 1 heterocycles. The molecule has 0 bridgehead atoms. The molecule has 3 aromatic rings. The Morgan fingerprint density at radius 1 is 0.889 bits per heavy atom. The molecule has 6 heteroatoms. The van der Waals surface area contributed by atoms with Crippen LogP contribution in [0.1, 0.15) is 34.3 Å². The zero-order chi connectivity index (χ0) is 19.1. The number of carbonyl (C=O) groups excluding carboxylic acids is 2. The van der Waals surface area contributed by atoms with E-state index in [1.807, 2.05) is 6.92 Å². The Morgan fingerprint density at radius 2 is 1.52 bits per heavy atom. The van der Waals surface area contributed by atoms with Gasteiger partial charge >= 0.3 is 0 Å². The summed E-state index contributed by atoms with van der Waals surface area (Å²) in [6.45, 7) is 2.68. The number of benzene rings is 2. The summed E-state index contributed by atoms with van der Waals surface area (Å²) in [4.78, 5) is 24.3. The van der Waals surface area contributed by atoms with Crippen molar-refractivity contribution < 1.29 is 18.7 Å². The fourth-order valence-electron chi connectivity index (χ4n) is 2.36. The molecule has 0 aliphatic carbocycles.